The zero-order chi connectivity index (χ0) is 26.7. The van der Waals surface area contributed by atoms with Crippen LogP contribution in [0.4, 0.5) is 0 Å². The van der Waals surface area contributed by atoms with E-state index in [2.05, 4.69) is 5.32 Å². The highest BCUT2D eigenvalue weighted by molar-refractivity contribution is 5.98. The van der Waals surface area contributed by atoms with Gasteiger partial charge in [-0.3, -0.25) is 19.2 Å². The number of rotatable bonds is 5. The number of nitrogens with zero attached hydrogens (tertiary/aromatic N) is 2. The van der Waals surface area contributed by atoms with Crippen LogP contribution < -0.4 is 5.32 Å². The Morgan fingerprint density at radius 2 is 1.37 bits per heavy atom. The van der Waals surface area contributed by atoms with Crippen LogP contribution in [0.1, 0.15) is 82.9 Å². The average Bonchev–Trinajstić information content (AvgIpc) is 3.37. The molecular formula is C31H37N3O4. The molecule has 7 nitrogen and oxygen atoms in total. The Labute approximate surface area is 224 Å². The van der Waals surface area contributed by atoms with Gasteiger partial charge in [0.1, 0.15) is 0 Å². The molecule has 0 bridgehead atoms. The summed E-state index contributed by atoms with van der Waals surface area (Å²) in [6.45, 7) is 4.35. The van der Waals surface area contributed by atoms with E-state index in [1.165, 1.54) is 6.92 Å². The Morgan fingerprint density at radius 1 is 0.763 bits per heavy atom. The molecular weight excluding hydrogens is 478 g/mol. The smallest absolute Gasteiger partial charge is 0.253 e. The highest BCUT2D eigenvalue weighted by atomic mass is 16.2. The molecule has 1 spiro atoms. The van der Waals surface area contributed by atoms with Gasteiger partial charge in [0.05, 0.1) is 5.92 Å². The number of hydrogen-bond donors (Lipinski definition) is 1. The summed E-state index contributed by atoms with van der Waals surface area (Å²) >= 11 is 0. The van der Waals surface area contributed by atoms with Crippen molar-refractivity contribution < 1.29 is 19.2 Å². The maximum absolute atomic E-state index is 13.7. The zero-order valence-corrected chi connectivity index (χ0v) is 22.2. The second-order valence-corrected chi connectivity index (χ2v) is 11.3. The summed E-state index contributed by atoms with van der Waals surface area (Å²) in [5.41, 5.74) is 1.90. The SMILES string of the molecule is CC(=O)c1ccc(C(=O)N2CCC3(CC2)CCN(C(=O)[C@H]2CCCC[C@H]2NC(=O)c2ccccc2)C3)cc1. The molecule has 3 aliphatic rings. The molecule has 2 aromatic rings. The van der Waals surface area contributed by atoms with Crippen molar-refractivity contribution in [1.29, 1.82) is 0 Å². The molecule has 0 aromatic heterocycles. The van der Waals surface area contributed by atoms with Crippen molar-refractivity contribution in [2.24, 2.45) is 11.3 Å². The molecule has 0 unspecified atom stereocenters. The maximum atomic E-state index is 13.7. The van der Waals surface area contributed by atoms with Crippen molar-refractivity contribution in [2.75, 3.05) is 26.2 Å². The van der Waals surface area contributed by atoms with Crippen LogP contribution in [0.15, 0.2) is 54.6 Å². The summed E-state index contributed by atoms with van der Waals surface area (Å²) in [7, 11) is 0. The molecule has 0 radical (unpaired) electrons. The molecule has 2 heterocycles. The van der Waals surface area contributed by atoms with Crippen LogP contribution in [0.3, 0.4) is 0 Å². The van der Waals surface area contributed by atoms with Crippen LogP contribution in [-0.2, 0) is 4.79 Å². The maximum Gasteiger partial charge on any atom is 0.253 e. The summed E-state index contributed by atoms with van der Waals surface area (Å²) in [5, 5.41) is 3.15. The molecule has 2 saturated heterocycles. The topological polar surface area (TPSA) is 86.8 Å². The van der Waals surface area contributed by atoms with Crippen LogP contribution >= 0.6 is 0 Å². The van der Waals surface area contributed by atoms with Gasteiger partial charge in [0, 0.05) is 48.9 Å². The van der Waals surface area contributed by atoms with Crippen molar-refractivity contribution in [3.05, 3.63) is 71.3 Å². The molecule has 7 heteroatoms. The van der Waals surface area contributed by atoms with Crippen LogP contribution in [0, 0.1) is 11.3 Å². The third kappa shape index (κ3) is 5.52. The van der Waals surface area contributed by atoms with Crippen LogP contribution in [0.2, 0.25) is 0 Å². The lowest BCUT2D eigenvalue weighted by molar-refractivity contribution is -0.136. The summed E-state index contributed by atoms with van der Waals surface area (Å²) in [6.07, 6.45) is 6.40. The van der Waals surface area contributed by atoms with Gasteiger partial charge in [-0.25, -0.2) is 0 Å². The quantitative estimate of drug-likeness (QED) is 0.601. The van der Waals surface area contributed by atoms with Gasteiger partial charge < -0.3 is 15.1 Å². The first kappa shape index (κ1) is 26.1. The van der Waals surface area contributed by atoms with Gasteiger partial charge in [-0.1, -0.05) is 43.2 Å². The van der Waals surface area contributed by atoms with E-state index in [0.29, 0.717) is 29.8 Å². The Hall–Kier alpha value is -3.48. The third-order valence-corrected chi connectivity index (χ3v) is 8.84. The molecule has 2 aromatic carbocycles. The first-order valence-corrected chi connectivity index (χ1v) is 13.9. The standard InChI is InChI=1S/C31H37N3O4/c1-22(35)23-11-13-25(14-12-23)29(37)33-18-15-31(16-19-33)17-20-34(21-31)30(38)26-9-5-6-10-27(26)32-28(36)24-7-3-2-4-8-24/h2-4,7-8,11-14,26-27H,5-6,9-10,15-21H2,1H3,(H,32,36)/t26-,27+/m0/s1. The van der Waals surface area contributed by atoms with Crippen molar-refractivity contribution in [1.82, 2.24) is 15.1 Å². The van der Waals surface area contributed by atoms with E-state index in [9.17, 15) is 19.2 Å². The predicted molar refractivity (Wildman–Crippen MR) is 145 cm³/mol. The second kappa shape index (κ2) is 11.1. The minimum atomic E-state index is -0.175. The highest BCUT2D eigenvalue weighted by Crippen LogP contribution is 2.42. The lowest BCUT2D eigenvalue weighted by Crippen LogP contribution is -2.50. The van der Waals surface area contributed by atoms with E-state index in [0.717, 1.165) is 58.0 Å². The Balaban J connectivity index is 1.17. The van der Waals surface area contributed by atoms with Crippen molar-refractivity contribution in [3.8, 4) is 0 Å². The normalized spacial score (nSPS) is 22.8. The van der Waals surface area contributed by atoms with Crippen molar-refractivity contribution in [3.63, 3.8) is 0 Å². The molecule has 1 saturated carbocycles. The molecule has 2 aliphatic heterocycles. The lowest BCUT2D eigenvalue weighted by Gasteiger charge is -2.40. The average molecular weight is 516 g/mol. The highest BCUT2D eigenvalue weighted by Gasteiger charge is 2.45. The number of Topliss-reactive ketones (excluding diaryl/α,β-unsaturated/α-hetero) is 1. The van der Waals surface area contributed by atoms with E-state index in [1.807, 2.05) is 28.0 Å². The fourth-order valence-corrected chi connectivity index (χ4v) is 6.42. The summed E-state index contributed by atoms with van der Waals surface area (Å²) in [5.74, 6) is -0.126. The van der Waals surface area contributed by atoms with Crippen LogP contribution in [0.5, 0.6) is 0 Å². The monoisotopic (exact) mass is 515 g/mol. The number of piperidine rings is 1. The minimum absolute atomic E-state index is 0.0000801. The number of benzene rings is 2. The molecule has 1 N–H and O–H groups in total. The van der Waals surface area contributed by atoms with Gasteiger partial charge in [0.15, 0.2) is 5.78 Å². The summed E-state index contributed by atoms with van der Waals surface area (Å²) in [6, 6.07) is 16.0. The minimum Gasteiger partial charge on any atom is -0.349 e. The number of carbonyl (C=O) groups is 4. The zero-order valence-electron chi connectivity index (χ0n) is 22.2. The predicted octanol–water partition coefficient (Wildman–Crippen LogP) is 4.33. The summed E-state index contributed by atoms with van der Waals surface area (Å²) < 4.78 is 0. The number of carbonyl (C=O) groups excluding carboxylic acids is 4. The Kier molecular flexibility index (Phi) is 7.63. The number of hydrogen-bond acceptors (Lipinski definition) is 4. The molecule has 3 amide bonds. The molecule has 3 fully saturated rings. The molecule has 5 rings (SSSR count). The van der Waals surface area contributed by atoms with Gasteiger partial charge in [0.25, 0.3) is 11.8 Å². The Morgan fingerprint density at radius 3 is 2.03 bits per heavy atom. The van der Waals surface area contributed by atoms with E-state index < -0.39 is 0 Å². The largest absolute Gasteiger partial charge is 0.349 e. The van der Waals surface area contributed by atoms with E-state index in [-0.39, 0.29) is 40.9 Å². The summed E-state index contributed by atoms with van der Waals surface area (Å²) in [4.78, 5) is 55.0. The van der Waals surface area contributed by atoms with Gasteiger partial charge in [-0.2, -0.15) is 0 Å². The fraction of sp³-hybridized carbons (Fsp3) is 0.484. The fourth-order valence-electron chi connectivity index (χ4n) is 6.42. The first-order valence-electron chi connectivity index (χ1n) is 13.9. The molecule has 38 heavy (non-hydrogen) atoms. The second-order valence-electron chi connectivity index (χ2n) is 11.3. The van der Waals surface area contributed by atoms with Gasteiger partial charge >= 0.3 is 0 Å². The van der Waals surface area contributed by atoms with E-state index in [1.54, 1.807) is 36.4 Å². The number of amides is 3. The van der Waals surface area contributed by atoms with Crippen LogP contribution in [0.25, 0.3) is 0 Å². The molecule has 200 valence electrons. The van der Waals surface area contributed by atoms with E-state index in [4.69, 9.17) is 0 Å². The number of ketones is 1. The third-order valence-electron chi connectivity index (χ3n) is 8.84. The first-order chi connectivity index (χ1) is 18.3. The molecule has 1 aliphatic carbocycles. The number of nitrogens with one attached hydrogen (secondary N) is 1. The van der Waals surface area contributed by atoms with Gasteiger partial charge in [-0.15, -0.1) is 0 Å². The molecule has 2 atom stereocenters. The van der Waals surface area contributed by atoms with Gasteiger partial charge in [0.2, 0.25) is 5.91 Å². The van der Waals surface area contributed by atoms with E-state index >= 15 is 0 Å². The van der Waals surface area contributed by atoms with Crippen molar-refractivity contribution in [2.45, 2.75) is 57.9 Å². The lowest BCUT2D eigenvalue weighted by atomic mass is 9.77. The number of likely N-dealkylation sites (tertiary alicyclic amines) is 2. The van der Waals surface area contributed by atoms with Gasteiger partial charge in [-0.05, 0) is 68.7 Å². The Bertz CT molecular complexity index is 1190. The van der Waals surface area contributed by atoms with Crippen LogP contribution in [-0.4, -0.2) is 65.5 Å². The van der Waals surface area contributed by atoms with Crippen molar-refractivity contribution >= 4 is 23.5 Å².